The van der Waals surface area contributed by atoms with Crippen molar-refractivity contribution in [1.82, 2.24) is 10.6 Å². The summed E-state index contributed by atoms with van der Waals surface area (Å²) in [6, 6.07) is 0. The third-order valence-electron chi connectivity index (χ3n) is 1.99. The highest BCUT2D eigenvalue weighted by Crippen LogP contribution is 2.23. The zero-order chi connectivity index (χ0) is 9.68. The number of nitrogens with one attached hydrogen (secondary N) is 2. The molecule has 0 heterocycles. The van der Waals surface area contributed by atoms with Gasteiger partial charge in [0.1, 0.15) is 0 Å². The molecule has 1 aliphatic carbocycles. The van der Waals surface area contributed by atoms with Crippen molar-refractivity contribution in [3.63, 3.8) is 0 Å². The van der Waals surface area contributed by atoms with Crippen LogP contribution in [0.25, 0.3) is 0 Å². The van der Waals surface area contributed by atoms with Gasteiger partial charge in [-0.25, -0.2) is 0 Å². The second-order valence-corrected chi connectivity index (χ2v) is 2.66. The van der Waals surface area contributed by atoms with Crippen LogP contribution < -0.4 is 10.6 Å². The molecule has 0 fully saturated rings. The molecule has 2 amide bonds. The van der Waals surface area contributed by atoms with Crippen LogP contribution in [0, 0.1) is 0 Å². The molecular formula is C9H12N2O2. The number of hydrogen-bond donors (Lipinski definition) is 2. The number of carbonyl (C=O) groups excluding carboxylic acids is 2. The lowest BCUT2D eigenvalue weighted by Gasteiger charge is -2.07. The van der Waals surface area contributed by atoms with Crippen molar-refractivity contribution in [2.24, 2.45) is 0 Å². The Balaban J connectivity index is 2.83. The Morgan fingerprint density at radius 3 is 2.62 bits per heavy atom. The zero-order valence-corrected chi connectivity index (χ0v) is 7.46. The fraction of sp³-hybridized carbons (Fsp3) is 0.333. The summed E-state index contributed by atoms with van der Waals surface area (Å²) in [5.74, 6) is 0. The Kier molecular flexibility index (Phi) is 3.25. The summed E-state index contributed by atoms with van der Waals surface area (Å²) in [7, 11) is 0. The Labute approximate surface area is 76.7 Å². The van der Waals surface area contributed by atoms with E-state index >= 15 is 0 Å². The third-order valence-corrected chi connectivity index (χ3v) is 1.99. The average Bonchev–Trinajstić information content (AvgIpc) is 2.50. The van der Waals surface area contributed by atoms with Crippen LogP contribution in [0.1, 0.15) is 19.8 Å². The highest BCUT2D eigenvalue weighted by molar-refractivity contribution is 5.60. The topological polar surface area (TPSA) is 58.2 Å². The second-order valence-electron chi connectivity index (χ2n) is 2.66. The van der Waals surface area contributed by atoms with Gasteiger partial charge >= 0.3 is 0 Å². The molecule has 0 aromatic rings. The van der Waals surface area contributed by atoms with Gasteiger partial charge in [0.25, 0.3) is 0 Å². The Bertz CT molecular complexity index is 279. The van der Waals surface area contributed by atoms with E-state index in [0.29, 0.717) is 19.2 Å². The van der Waals surface area contributed by atoms with Crippen LogP contribution >= 0.6 is 0 Å². The Morgan fingerprint density at radius 1 is 1.38 bits per heavy atom. The average molecular weight is 180 g/mol. The van der Waals surface area contributed by atoms with Crippen LogP contribution in [0.15, 0.2) is 23.0 Å². The number of hydrogen-bond acceptors (Lipinski definition) is 2. The maximum atomic E-state index is 10.3. The molecule has 0 unspecified atom stereocenters. The van der Waals surface area contributed by atoms with Crippen molar-refractivity contribution in [2.75, 3.05) is 0 Å². The summed E-state index contributed by atoms with van der Waals surface area (Å²) in [4.78, 5) is 20.5. The fourth-order valence-corrected chi connectivity index (χ4v) is 1.39. The molecule has 0 saturated carbocycles. The van der Waals surface area contributed by atoms with E-state index in [1.165, 1.54) is 0 Å². The highest BCUT2D eigenvalue weighted by Gasteiger charge is 2.15. The molecule has 2 N–H and O–H groups in total. The molecular weight excluding hydrogens is 168 g/mol. The first kappa shape index (κ1) is 9.51. The van der Waals surface area contributed by atoms with Crippen LogP contribution in [0.2, 0.25) is 0 Å². The molecule has 0 atom stereocenters. The van der Waals surface area contributed by atoms with E-state index in [1.807, 2.05) is 13.0 Å². The van der Waals surface area contributed by atoms with Gasteiger partial charge in [0, 0.05) is 12.1 Å². The van der Waals surface area contributed by atoms with Crippen molar-refractivity contribution in [3.05, 3.63) is 23.0 Å². The highest BCUT2D eigenvalue weighted by atomic mass is 16.1. The minimum Gasteiger partial charge on any atom is -0.330 e. The first-order chi connectivity index (χ1) is 6.33. The minimum atomic E-state index is 0.619. The lowest BCUT2D eigenvalue weighted by Crippen LogP contribution is -2.19. The van der Waals surface area contributed by atoms with Gasteiger partial charge in [-0.1, -0.05) is 13.0 Å². The molecule has 1 rings (SSSR count). The number of rotatable bonds is 5. The molecule has 4 nitrogen and oxygen atoms in total. The number of amides is 2. The standard InChI is InChI=1S/C9H12N2O2/c1-2-7-3-4-8(10-5-12)9(7)11-6-13/h3,5-6H,2,4H2,1H3,(H,10,12)(H,11,13). The van der Waals surface area contributed by atoms with Crippen molar-refractivity contribution in [2.45, 2.75) is 19.8 Å². The van der Waals surface area contributed by atoms with Crippen molar-refractivity contribution >= 4 is 12.8 Å². The van der Waals surface area contributed by atoms with Gasteiger partial charge in [0.05, 0.1) is 5.70 Å². The lowest BCUT2D eigenvalue weighted by molar-refractivity contribution is -0.110. The van der Waals surface area contributed by atoms with E-state index in [-0.39, 0.29) is 0 Å². The van der Waals surface area contributed by atoms with E-state index in [4.69, 9.17) is 0 Å². The summed E-state index contributed by atoms with van der Waals surface area (Å²) in [6.45, 7) is 2.00. The van der Waals surface area contributed by atoms with Gasteiger partial charge in [-0.05, 0) is 12.0 Å². The fourth-order valence-electron chi connectivity index (χ4n) is 1.39. The zero-order valence-electron chi connectivity index (χ0n) is 7.46. The van der Waals surface area contributed by atoms with E-state index in [9.17, 15) is 9.59 Å². The van der Waals surface area contributed by atoms with Crippen molar-refractivity contribution in [1.29, 1.82) is 0 Å². The quantitative estimate of drug-likeness (QED) is 0.603. The van der Waals surface area contributed by atoms with Gasteiger partial charge < -0.3 is 10.6 Å². The maximum absolute atomic E-state index is 10.3. The maximum Gasteiger partial charge on any atom is 0.211 e. The molecule has 0 aliphatic heterocycles. The van der Waals surface area contributed by atoms with Crippen molar-refractivity contribution < 1.29 is 9.59 Å². The monoisotopic (exact) mass is 180 g/mol. The predicted octanol–water partition coefficient (Wildman–Crippen LogP) is 0.430. The third kappa shape index (κ3) is 1.96. The number of allylic oxidation sites excluding steroid dienone is 2. The van der Waals surface area contributed by atoms with Crippen LogP contribution in [0.3, 0.4) is 0 Å². The lowest BCUT2D eigenvalue weighted by atomic mass is 10.2. The van der Waals surface area contributed by atoms with E-state index < -0.39 is 0 Å². The van der Waals surface area contributed by atoms with Crippen LogP contribution in [0.4, 0.5) is 0 Å². The SMILES string of the molecule is CCC1=CCC(NC=O)=C1NC=O. The molecule has 70 valence electrons. The normalized spacial score (nSPS) is 15.3. The molecule has 0 radical (unpaired) electrons. The predicted molar refractivity (Wildman–Crippen MR) is 48.4 cm³/mol. The Hall–Kier alpha value is -1.58. The van der Waals surface area contributed by atoms with Gasteiger partial charge in [0.15, 0.2) is 0 Å². The summed E-state index contributed by atoms with van der Waals surface area (Å²) >= 11 is 0. The molecule has 0 bridgehead atoms. The van der Waals surface area contributed by atoms with Gasteiger partial charge in [-0.2, -0.15) is 0 Å². The van der Waals surface area contributed by atoms with Crippen LogP contribution in [0.5, 0.6) is 0 Å². The second kappa shape index (κ2) is 4.45. The smallest absolute Gasteiger partial charge is 0.211 e. The molecule has 0 spiro atoms. The largest absolute Gasteiger partial charge is 0.330 e. The summed E-state index contributed by atoms with van der Waals surface area (Å²) < 4.78 is 0. The molecule has 13 heavy (non-hydrogen) atoms. The minimum absolute atomic E-state index is 0.619. The number of carbonyl (C=O) groups is 2. The summed E-state index contributed by atoms with van der Waals surface area (Å²) in [5.41, 5.74) is 2.57. The Morgan fingerprint density at radius 2 is 2.08 bits per heavy atom. The van der Waals surface area contributed by atoms with E-state index in [2.05, 4.69) is 10.6 Å². The molecule has 1 aliphatic rings. The van der Waals surface area contributed by atoms with E-state index in [1.54, 1.807) is 0 Å². The molecule has 0 saturated heterocycles. The first-order valence-corrected chi connectivity index (χ1v) is 4.16. The molecule has 0 aromatic heterocycles. The summed E-state index contributed by atoms with van der Waals surface area (Å²) in [5, 5.41) is 5.16. The molecule has 0 aromatic carbocycles. The van der Waals surface area contributed by atoms with E-state index in [0.717, 1.165) is 23.4 Å². The van der Waals surface area contributed by atoms with Crippen LogP contribution in [-0.4, -0.2) is 12.8 Å². The van der Waals surface area contributed by atoms with Gasteiger partial charge in [-0.15, -0.1) is 0 Å². The van der Waals surface area contributed by atoms with Gasteiger partial charge in [0.2, 0.25) is 12.8 Å². The summed E-state index contributed by atoms with van der Waals surface area (Å²) in [6.07, 6.45) is 4.76. The first-order valence-electron chi connectivity index (χ1n) is 4.16. The molecule has 4 heteroatoms. The van der Waals surface area contributed by atoms with Crippen molar-refractivity contribution in [3.8, 4) is 0 Å². The van der Waals surface area contributed by atoms with Crippen LogP contribution in [-0.2, 0) is 9.59 Å². The van der Waals surface area contributed by atoms with Gasteiger partial charge in [-0.3, -0.25) is 9.59 Å².